The molecule has 0 aliphatic carbocycles. The maximum Gasteiger partial charge on any atom is 0.236 e. The molecule has 1 amide bonds. The van der Waals surface area contributed by atoms with Crippen molar-refractivity contribution in [2.45, 2.75) is 30.4 Å². The molecule has 0 unspecified atom stereocenters. The number of hydrogen-bond donors (Lipinski definition) is 0. The molecule has 0 aromatic heterocycles. The Morgan fingerprint density at radius 3 is 2.59 bits per heavy atom. The van der Waals surface area contributed by atoms with Crippen LogP contribution in [0, 0.1) is 0 Å². The summed E-state index contributed by atoms with van der Waals surface area (Å²) in [5, 5.41) is 1.14. The van der Waals surface area contributed by atoms with Crippen LogP contribution in [-0.2, 0) is 4.79 Å². The van der Waals surface area contributed by atoms with Crippen LogP contribution in [0.1, 0.15) is 30.7 Å². The Kier molecular flexibility index (Phi) is 5.23. The molecule has 22 heavy (non-hydrogen) atoms. The fourth-order valence-corrected chi connectivity index (χ4v) is 4.69. The molecular formula is C16H20Cl2N2OS. The number of carbonyl (C=O) groups is 1. The fourth-order valence-electron chi connectivity index (χ4n) is 3.08. The molecule has 3 rings (SSSR count). The summed E-state index contributed by atoms with van der Waals surface area (Å²) in [6.45, 7) is 6.02. The van der Waals surface area contributed by atoms with Gasteiger partial charge in [-0.1, -0.05) is 29.3 Å². The number of thioether (sulfide) groups is 1. The SMILES string of the molecule is C[C@H]1S[C@@H](c2ccc(Cl)c(Cl)c2)N(CCN2CCCC2)C1=O. The first-order valence-corrected chi connectivity index (χ1v) is 9.39. The van der Waals surface area contributed by atoms with E-state index in [4.69, 9.17) is 23.2 Å². The van der Waals surface area contributed by atoms with Crippen molar-refractivity contribution in [3.63, 3.8) is 0 Å². The minimum atomic E-state index is -0.00182. The Bertz CT molecular complexity index is 563. The first kappa shape index (κ1) is 16.4. The summed E-state index contributed by atoms with van der Waals surface area (Å²) in [6, 6.07) is 5.67. The second kappa shape index (κ2) is 7.00. The number of carbonyl (C=O) groups excluding carboxylic acids is 1. The van der Waals surface area contributed by atoms with E-state index in [1.807, 2.05) is 30.0 Å². The molecule has 2 fully saturated rings. The zero-order chi connectivity index (χ0) is 15.7. The van der Waals surface area contributed by atoms with E-state index in [9.17, 15) is 4.79 Å². The summed E-state index contributed by atoms with van der Waals surface area (Å²) in [7, 11) is 0. The smallest absolute Gasteiger partial charge is 0.236 e. The van der Waals surface area contributed by atoms with Gasteiger partial charge in [-0.05, 0) is 50.6 Å². The minimum Gasteiger partial charge on any atom is -0.324 e. The van der Waals surface area contributed by atoms with Crippen molar-refractivity contribution in [1.29, 1.82) is 0 Å². The Labute approximate surface area is 145 Å². The van der Waals surface area contributed by atoms with E-state index in [0.29, 0.717) is 10.0 Å². The monoisotopic (exact) mass is 358 g/mol. The molecule has 3 nitrogen and oxygen atoms in total. The average molecular weight is 359 g/mol. The van der Waals surface area contributed by atoms with Gasteiger partial charge in [0.1, 0.15) is 5.37 Å². The first-order valence-electron chi connectivity index (χ1n) is 7.69. The van der Waals surface area contributed by atoms with Crippen molar-refractivity contribution in [2.24, 2.45) is 0 Å². The molecule has 1 aromatic rings. The van der Waals surface area contributed by atoms with Crippen molar-refractivity contribution in [2.75, 3.05) is 26.2 Å². The van der Waals surface area contributed by atoms with Crippen molar-refractivity contribution < 1.29 is 4.79 Å². The average Bonchev–Trinajstić information content (AvgIpc) is 3.10. The summed E-state index contributed by atoms with van der Waals surface area (Å²) in [6.07, 6.45) is 2.55. The van der Waals surface area contributed by atoms with Crippen LogP contribution in [-0.4, -0.2) is 47.1 Å². The lowest BCUT2D eigenvalue weighted by Gasteiger charge is -2.26. The fraction of sp³-hybridized carbons (Fsp3) is 0.562. The Morgan fingerprint density at radius 2 is 1.91 bits per heavy atom. The molecule has 2 saturated heterocycles. The molecule has 0 spiro atoms. The Balaban J connectivity index is 1.75. The lowest BCUT2D eigenvalue weighted by Crippen LogP contribution is -2.37. The molecule has 2 aliphatic rings. The van der Waals surface area contributed by atoms with E-state index in [1.165, 1.54) is 12.8 Å². The zero-order valence-electron chi connectivity index (χ0n) is 12.6. The third-order valence-electron chi connectivity index (χ3n) is 4.33. The van der Waals surface area contributed by atoms with E-state index in [2.05, 4.69) is 4.90 Å². The number of rotatable bonds is 4. The molecular weight excluding hydrogens is 339 g/mol. The largest absolute Gasteiger partial charge is 0.324 e. The van der Waals surface area contributed by atoms with Gasteiger partial charge in [-0.2, -0.15) is 0 Å². The quantitative estimate of drug-likeness (QED) is 0.810. The molecule has 1 aromatic carbocycles. The summed E-state index contributed by atoms with van der Waals surface area (Å²) in [5.41, 5.74) is 1.05. The highest BCUT2D eigenvalue weighted by Gasteiger charge is 2.38. The summed E-state index contributed by atoms with van der Waals surface area (Å²) in [4.78, 5) is 16.9. The molecule has 0 saturated carbocycles. The molecule has 120 valence electrons. The zero-order valence-corrected chi connectivity index (χ0v) is 14.9. The van der Waals surface area contributed by atoms with Gasteiger partial charge < -0.3 is 9.80 Å². The molecule has 0 bridgehead atoms. The third kappa shape index (κ3) is 3.40. The number of benzene rings is 1. The molecule has 0 N–H and O–H groups in total. The standard InChI is InChI=1S/C16H20Cl2N2OS/c1-11-15(21)20(9-8-19-6-2-3-7-19)16(22-11)12-4-5-13(17)14(18)10-12/h4-5,10-11,16H,2-3,6-9H2,1H3/t11-,16+/m1/s1. The van der Waals surface area contributed by atoms with Crippen LogP contribution in [0.3, 0.4) is 0 Å². The maximum absolute atomic E-state index is 12.5. The van der Waals surface area contributed by atoms with Crippen molar-refractivity contribution in [3.05, 3.63) is 33.8 Å². The molecule has 6 heteroatoms. The van der Waals surface area contributed by atoms with Gasteiger partial charge in [0.05, 0.1) is 15.3 Å². The van der Waals surface area contributed by atoms with Crippen molar-refractivity contribution in [1.82, 2.24) is 9.80 Å². The van der Waals surface area contributed by atoms with E-state index in [0.717, 1.165) is 31.7 Å². The molecule has 2 atom stereocenters. The van der Waals surface area contributed by atoms with Gasteiger partial charge in [-0.15, -0.1) is 11.8 Å². The highest BCUT2D eigenvalue weighted by atomic mass is 35.5. The van der Waals surface area contributed by atoms with Crippen molar-refractivity contribution in [3.8, 4) is 0 Å². The van der Waals surface area contributed by atoms with Gasteiger partial charge in [0.25, 0.3) is 0 Å². The van der Waals surface area contributed by atoms with Crippen LogP contribution in [0.25, 0.3) is 0 Å². The normalized spacial score (nSPS) is 26.1. The highest BCUT2D eigenvalue weighted by Crippen LogP contribution is 2.43. The Hall–Kier alpha value is -0.420. The van der Waals surface area contributed by atoms with Gasteiger partial charge in [0.15, 0.2) is 0 Å². The summed E-state index contributed by atoms with van der Waals surface area (Å²) >= 11 is 13.8. The van der Waals surface area contributed by atoms with Crippen LogP contribution in [0.5, 0.6) is 0 Å². The van der Waals surface area contributed by atoms with E-state index < -0.39 is 0 Å². The summed E-state index contributed by atoms with van der Waals surface area (Å²) < 4.78 is 0. The highest BCUT2D eigenvalue weighted by molar-refractivity contribution is 8.01. The number of amides is 1. The third-order valence-corrected chi connectivity index (χ3v) is 6.46. The summed E-state index contributed by atoms with van der Waals surface area (Å²) in [5.74, 6) is 0.222. The lowest BCUT2D eigenvalue weighted by atomic mass is 10.2. The minimum absolute atomic E-state index is 0.00182. The Morgan fingerprint density at radius 1 is 1.18 bits per heavy atom. The predicted octanol–water partition coefficient (Wildman–Crippen LogP) is 4.05. The predicted molar refractivity (Wildman–Crippen MR) is 93.6 cm³/mol. The van der Waals surface area contributed by atoms with E-state index in [-0.39, 0.29) is 16.5 Å². The first-order chi connectivity index (χ1) is 10.6. The number of hydrogen-bond acceptors (Lipinski definition) is 3. The molecule has 2 heterocycles. The van der Waals surface area contributed by atoms with E-state index >= 15 is 0 Å². The number of likely N-dealkylation sites (tertiary alicyclic amines) is 1. The van der Waals surface area contributed by atoms with Gasteiger partial charge in [0.2, 0.25) is 5.91 Å². The maximum atomic E-state index is 12.5. The molecule has 2 aliphatic heterocycles. The van der Waals surface area contributed by atoms with Crippen LogP contribution in [0.15, 0.2) is 18.2 Å². The topological polar surface area (TPSA) is 23.6 Å². The second-order valence-electron chi connectivity index (χ2n) is 5.88. The van der Waals surface area contributed by atoms with Gasteiger partial charge in [-0.25, -0.2) is 0 Å². The number of nitrogens with zero attached hydrogens (tertiary/aromatic N) is 2. The van der Waals surface area contributed by atoms with Crippen LogP contribution >= 0.6 is 35.0 Å². The lowest BCUT2D eigenvalue weighted by molar-refractivity contribution is -0.130. The molecule has 0 radical (unpaired) electrons. The van der Waals surface area contributed by atoms with Gasteiger partial charge in [-0.3, -0.25) is 4.79 Å². The van der Waals surface area contributed by atoms with E-state index in [1.54, 1.807) is 11.8 Å². The number of halogens is 2. The van der Waals surface area contributed by atoms with Crippen LogP contribution < -0.4 is 0 Å². The van der Waals surface area contributed by atoms with Gasteiger partial charge >= 0.3 is 0 Å². The van der Waals surface area contributed by atoms with Crippen LogP contribution in [0.4, 0.5) is 0 Å². The van der Waals surface area contributed by atoms with Gasteiger partial charge in [0, 0.05) is 13.1 Å². The van der Waals surface area contributed by atoms with Crippen LogP contribution in [0.2, 0.25) is 10.0 Å². The second-order valence-corrected chi connectivity index (χ2v) is 8.12. The van der Waals surface area contributed by atoms with Crippen molar-refractivity contribution >= 4 is 40.9 Å².